The first-order chi connectivity index (χ1) is 16.9. The first-order valence-corrected chi connectivity index (χ1v) is 12.2. The van der Waals surface area contributed by atoms with Crippen molar-refractivity contribution in [3.05, 3.63) is 88.7 Å². The number of hydrogen-bond acceptors (Lipinski definition) is 4. The molecule has 5 heteroatoms. The van der Waals surface area contributed by atoms with Crippen LogP contribution in [0, 0.1) is 0 Å². The van der Waals surface area contributed by atoms with Crippen molar-refractivity contribution in [1.29, 1.82) is 0 Å². The maximum Gasteiger partial charge on any atom is 0.261 e. The molecule has 35 heavy (non-hydrogen) atoms. The van der Waals surface area contributed by atoms with Crippen LogP contribution in [0.15, 0.2) is 77.6 Å². The monoisotopic (exact) mass is 470 g/mol. The molecular weight excluding hydrogens is 436 g/mol. The Hall–Kier alpha value is -3.60. The van der Waals surface area contributed by atoms with Crippen LogP contribution in [-0.2, 0) is 12.0 Å². The van der Waals surface area contributed by atoms with Crippen molar-refractivity contribution < 1.29 is 9.47 Å². The van der Waals surface area contributed by atoms with Crippen molar-refractivity contribution in [2.75, 3.05) is 13.7 Å². The number of hydrogen-bond donors (Lipinski definition) is 0. The first-order valence-electron chi connectivity index (χ1n) is 12.2. The first kappa shape index (κ1) is 24.5. The van der Waals surface area contributed by atoms with Gasteiger partial charge in [0, 0.05) is 12.1 Å². The third-order valence-electron chi connectivity index (χ3n) is 6.22. The lowest BCUT2D eigenvalue weighted by Crippen LogP contribution is -2.23. The van der Waals surface area contributed by atoms with E-state index in [1.165, 1.54) is 5.56 Å². The molecule has 4 aromatic rings. The second kappa shape index (κ2) is 10.8. The van der Waals surface area contributed by atoms with Gasteiger partial charge in [0.15, 0.2) is 0 Å². The maximum atomic E-state index is 13.3. The summed E-state index contributed by atoms with van der Waals surface area (Å²) in [5.74, 6) is 2.36. The highest BCUT2D eigenvalue weighted by atomic mass is 16.5. The number of unbranched alkanes of at least 4 members (excludes halogenated alkanes) is 2. The highest BCUT2D eigenvalue weighted by Crippen LogP contribution is 2.25. The van der Waals surface area contributed by atoms with Crippen LogP contribution in [-0.4, -0.2) is 23.3 Å². The van der Waals surface area contributed by atoms with Crippen molar-refractivity contribution in [2.24, 2.45) is 0 Å². The average molecular weight is 471 g/mol. The van der Waals surface area contributed by atoms with E-state index in [1.807, 2.05) is 60.7 Å². The fourth-order valence-electron chi connectivity index (χ4n) is 4.13. The van der Waals surface area contributed by atoms with Crippen molar-refractivity contribution in [2.45, 2.75) is 52.0 Å². The third kappa shape index (κ3) is 5.91. The molecule has 0 aliphatic heterocycles. The minimum atomic E-state index is -0.00314. The molecule has 0 fully saturated rings. The summed E-state index contributed by atoms with van der Waals surface area (Å²) in [6, 6.07) is 23.6. The number of benzene rings is 3. The topological polar surface area (TPSA) is 53.3 Å². The number of ether oxygens (including phenoxy) is 2. The molecule has 1 heterocycles. The van der Waals surface area contributed by atoms with Crippen LogP contribution in [0.25, 0.3) is 22.3 Å². The molecular formula is C30H34N2O3. The van der Waals surface area contributed by atoms with E-state index in [0.29, 0.717) is 29.9 Å². The molecule has 5 nitrogen and oxygen atoms in total. The molecule has 0 N–H and O–H groups in total. The number of rotatable bonds is 9. The second-order valence-electron chi connectivity index (χ2n) is 9.82. The van der Waals surface area contributed by atoms with Crippen molar-refractivity contribution in [3.8, 4) is 22.9 Å². The Morgan fingerprint density at radius 2 is 1.51 bits per heavy atom. The van der Waals surface area contributed by atoms with Gasteiger partial charge < -0.3 is 9.47 Å². The maximum absolute atomic E-state index is 13.3. The quantitative estimate of drug-likeness (QED) is 0.258. The summed E-state index contributed by atoms with van der Waals surface area (Å²) >= 11 is 0. The largest absolute Gasteiger partial charge is 0.497 e. The fourth-order valence-corrected chi connectivity index (χ4v) is 4.13. The molecule has 1 aromatic heterocycles. The molecule has 0 aliphatic carbocycles. The standard InChI is InChI=1S/C30H34N2O3/c1-30(2,3)23-14-18-25(19-15-23)35-21-9-5-8-20-32-28(22-12-16-24(34-4)17-13-22)31-27-11-7-6-10-26(27)29(32)33/h6-7,10-19H,5,8-9,20-21H2,1-4H3. The van der Waals surface area contributed by atoms with Crippen LogP contribution in [0.2, 0.25) is 0 Å². The van der Waals surface area contributed by atoms with Gasteiger partial charge in [0.2, 0.25) is 0 Å². The molecule has 0 atom stereocenters. The Kier molecular flexibility index (Phi) is 7.54. The highest BCUT2D eigenvalue weighted by Gasteiger charge is 2.14. The summed E-state index contributed by atoms with van der Waals surface area (Å²) in [6.07, 6.45) is 2.76. The van der Waals surface area contributed by atoms with Gasteiger partial charge in [-0.05, 0) is 78.8 Å². The zero-order valence-electron chi connectivity index (χ0n) is 21.1. The summed E-state index contributed by atoms with van der Waals surface area (Å²) in [7, 11) is 1.64. The van der Waals surface area contributed by atoms with Crippen LogP contribution in [0.3, 0.4) is 0 Å². The predicted molar refractivity (Wildman–Crippen MR) is 142 cm³/mol. The lowest BCUT2D eigenvalue weighted by Gasteiger charge is -2.19. The molecule has 182 valence electrons. The summed E-state index contributed by atoms with van der Waals surface area (Å²) in [5, 5.41) is 0.645. The smallest absolute Gasteiger partial charge is 0.261 e. The molecule has 0 bridgehead atoms. The summed E-state index contributed by atoms with van der Waals surface area (Å²) < 4.78 is 13.0. The number of aromatic nitrogens is 2. The SMILES string of the molecule is COc1ccc(-c2nc3ccccc3c(=O)n2CCCCCOc2ccc(C(C)(C)C)cc2)cc1. The fraction of sp³-hybridized carbons (Fsp3) is 0.333. The van der Waals surface area contributed by atoms with Crippen LogP contribution in [0.5, 0.6) is 11.5 Å². The Labute approximate surface area is 207 Å². The van der Waals surface area contributed by atoms with E-state index in [-0.39, 0.29) is 11.0 Å². The van der Waals surface area contributed by atoms with E-state index >= 15 is 0 Å². The summed E-state index contributed by atoms with van der Waals surface area (Å²) in [4.78, 5) is 18.2. The molecule has 0 saturated carbocycles. The van der Waals surface area contributed by atoms with Gasteiger partial charge in [-0.3, -0.25) is 9.36 Å². The van der Waals surface area contributed by atoms with Gasteiger partial charge in [-0.1, -0.05) is 45.0 Å². The molecule has 0 amide bonds. The predicted octanol–water partition coefficient (Wildman–Crippen LogP) is 6.62. The van der Waals surface area contributed by atoms with Crippen LogP contribution >= 0.6 is 0 Å². The van der Waals surface area contributed by atoms with Crippen molar-refractivity contribution >= 4 is 10.9 Å². The van der Waals surface area contributed by atoms with Crippen LogP contribution in [0.1, 0.15) is 45.6 Å². The van der Waals surface area contributed by atoms with E-state index < -0.39 is 0 Å². The number of methoxy groups -OCH3 is 1. The molecule has 0 aliphatic rings. The zero-order valence-corrected chi connectivity index (χ0v) is 21.1. The zero-order chi connectivity index (χ0) is 24.8. The lowest BCUT2D eigenvalue weighted by molar-refractivity contribution is 0.303. The molecule has 3 aromatic carbocycles. The van der Waals surface area contributed by atoms with Gasteiger partial charge in [-0.2, -0.15) is 0 Å². The number of nitrogens with zero attached hydrogens (tertiary/aromatic N) is 2. The lowest BCUT2D eigenvalue weighted by atomic mass is 9.87. The Bertz CT molecular complexity index is 1320. The second-order valence-corrected chi connectivity index (χ2v) is 9.82. The van der Waals surface area contributed by atoms with Gasteiger partial charge in [-0.25, -0.2) is 4.98 Å². The Morgan fingerprint density at radius 1 is 0.829 bits per heavy atom. The van der Waals surface area contributed by atoms with Crippen molar-refractivity contribution in [1.82, 2.24) is 9.55 Å². The third-order valence-corrected chi connectivity index (χ3v) is 6.22. The van der Waals surface area contributed by atoms with Gasteiger partial charge in [0.1, 0.15) is 17.3 Å². The normalized spacial score (nSPS) is 11.5. The minimum Gasteiger partial charge on any atom is -0.497 e. The number of para-hydroxylation sites is 1. The van der Waals surface area contributed by atoms with E-state index in [4.69, 9.17) is 14.5 Å². The van der Waals surface area contributed by atoms with Gasteiger partial charge in [-0.15, -0.1) is 0 Å². The van der Waals surface area contributed by atoms with E-state index in [9.17, 15) is 4.79 Å². The Morgan fingerprint density at radius 3 is 2.20 bits per heavy atom. The van der Waals surface area contributed by atoms with Gasteiger partial charge >= 0.3 is 0 Å². The molecule has 0 unspecified atom stereocenters. The van der Waals surface area contributed by atoms with E-state index in [2.05, 4.69) is 32.9 Å². The van der Waals surface area contributed by atoms with Gasteiger partial charge in [0.05, 0.1) is 24.6 Å². The van der Waals surface area contributed by atoms with Gasteiger partial charge in [0.25, 0.3) is 5.56 Å². The Balaban J connectivity index is 1.41. The van der Waals surface area contributed by atoms with E-state index in [0.717, 1.165) is 36.3 Å². The molecule has 0 radical (unpaired) electrons. The summed E-state index contributed by atoms with van der Waals surface area (Å²) in [5.41, 5.74) is 3.04. The average Bonchev–Trinajstić information content (AvgIpc) is 2.87. The minimum absolute atomic E-state index is 0.00314. The number of fused-ring (bicyclic) bond motifs is 1. The summed E-state index contributed by atoms with van der Waals surface area (Å²) in [6.45, 7) is 7.89. The highest BCUT2D eigenvalue weighted by molar-refractivity contribution is 5.79. The van der Waals surface area contributed by atoms with Crippen LogP contribution in [0.4, 0.5) is 0 Å². The molecule has 0 saturated heterocycles. The van der Waals surface area contributed by atoms with Crippen LogP contribution < -0.4 is 15.0 Å². The molecule has 0 spiro atoms. The van der Waals surface area contributed by atoms with Crippen molar-refractivity contribution in [3.63, 3.8) is 0 Å². The van der Waals surface area contributed by atoms with E-state index in [1.54, 1.807) is 11.7 Å². The molecule has 4 rings (SSSR count).